The SMILES string of the molecule is COc1cccc(CCNC(=O)C(C)Cc2ccccc2)c1. The number of hydrogen-bond acceptors (Lipinski definition) is 2. The van der Waals surface area contributed by atoms with E-state index in [9.17, 15) is 4.79 Å². The highest BCUT2D eigenvalue weighted by molar-refractivity contribution is 5.78. The Bertz CT molecular complexity index is 595. The van der Waals surface area contributed by atoms with Crippen molar-refractivity contribution in [1.82, 2.24) is 5.32 Å². The zero-order chi connectivity index (χ0) is 15.8. The van der Waals surface area contributed by atoms with Crippen LogP contribution in [-0.4, -0.2) is 19.6 Å². The Morgan fingerprint density at radius 1 is 1.09 bits per heavy atom. The predicted molar refractivity (Wildman–Crippen MR) is 89.0 cm³/mol. The molecule has 1 amide bonds. The fourth-order valence-corrected chi connectivity index (χ4v) is 2.39. The van der Waals surface area contributed by atoms with Gasteiger partial charge in [-0.1, -0.05) is 49.4 Å². The van der Waals surface area contributed by atoms with Crippen molar-refractivity contribution in [3.63, 3.8) is 0 Å². The third-order valence-electron chi connectivity index (χ3n) is 3.68. The lowest BCUT2D eigenvalue weighted by atomic mass is 10.0. The van der Waals surface area contributed by atoms with E-state index in [2.05, 4.69) is 17.4 Å². The minimum Gasteiger partial charge on any atom is -0.497 e. The van der Waals surface area contributed by atoms with Crippen LogP contribution < -0.4 is 10.1 Å². The first-order valence-electron chi connectivity index (χ1n) is 7.63. The molecule has 0 aliphatic heterocycles. The summed E-state index contributed by atoms with van der Waals surface area (Å²) >= 11 is 0. The summed E-state index contributed by atoms with van der Waals surface area (Å²) < 4.78 is 5.20. The molecule has 116 valence electrons. The largest absolute Gasteiger partial charge is 0.497 e. The minimum atomic E-state index is -0.0206. The monoisotopic (exact) mass is 297 g/mol. The van der Waals surface area contributed by atoms with E-state index in [-0.39, 0.29) is 11.8 Å². The molecular weight excluding hydrogens is 274 g/mol. The molecule has 2 aromatic carbocycles. The van der Waals surface area contributed by atoms with Gasteiger partial charge in [0.25, 0.3) is 0 Å². The summed E-state index contributed by atoms with van der Waals surface area (Å²) in [4.78, 5) is 12.1. The molecule has 0 radical (unpaired) electrons. The highest BCUT2D eigenvalue weighted by Gasteiger charge is 2.12. The fraction of sp³-hybridized carbons (Fsp3) is 0.316. The lowest BCUT2D eigenvalue weighted by Crippen LogP contribution is -2.31. The first kappa shape index (κ1) is 16.1. The number of hydrogen-bond donors (Lipinski definition) is 1. The van der Waals surface area contributed by atoms with E-state index < -0.39 is 0 Å². The Labute approximate surface area is 132 Å². The Kier molecular flexibility index (Phi) is 6.01. The van der Waals surface area contributed by atoms with E-state index in [1.807, 2.05) is 49.4 Å². The van der Waals surface area contributed by atoms with Crippen LogP contribution in [0.15, 0.2) is 54.6 Å². The molecule has 1 N–H and O–H groups in total. The zero-order valence-electron chi connectivity index (χ0n) is 13.2. The minimum absolute atomic E-state index is 0.0206. The van der Waals surface area contributed by atoms with Crippen molar-refractivity contribution in [2.24, 2.45) is 5.92 Å². The Morgan fingerprint density at radius 2 is 1.82 bits per heavy atom. The summed E-state index contributed by atoms with van der Waals surface area (Å²) in [6.45, 7) is 2.61. The van der Waals surface area contributed by atoms with E-state index >= 15 is 0 Å². The average Bonchev–Trinajstić information content (AvgIpc) is 2.56. The number of methoxy groups -OCH3 is 1. The molecule has 3 heteroatoms. The molecule has 0 fully saturated rings. The smallest absolute Gasteiger partial charge is 0.223 e. The number of ether oxygens (including phenoxy) is 1. The van der Waals surface area contributed by atoms with Crippen LogP contribution in [0, 0.1) is 5.92 Å². The third kappa shape index (κ3) is 4.92. The lowest BCUT2D eigenvalue weighted by Gasteiger charge is -2.12. The normalized spacial score (nSPS) is 11.7. The summed E-state index contributed by atoms with van der Waals surface area (Å²) in [5.74, 6) is 0.931. The number of carbonyl (C=O) groups is 1. The molecule has 22 heavy (non-hydrogen) atoms. The predicted octanol–water partition coefficient (Wildman–Crippen LogP) is 3.23. The highest BCUT2D eigenvalue weighted by atomic mass is 16.5. The summed E-state index contributed by atoms with van der Waals surface area (Å²) in [5.41, 5.74) is 2.35. The Hall–Kier alpha value is -2.29. The van der Waals surface area contributed by atoms with Gasteiger partial charge in [0.2, 0.25) is 5.91 Å². The summed E-state index contributed by atoms with van der Waals surface area (Å²) in [5, 5.41) is 3.01. The van der Waals surface area contributed by atoms with Crippen LogP contribution in [0.5, 0.6) is 5.75 Å². The average molecular weight is 297 g/mol. The molecule has 0 aliphatic carbocycles. The Morgan fingerprint density at radius 3 is 2.55 bits per heavy atom. The van der Waals surface area contributed by atoms with Gasteiger partial charge in [0.1, 0.15) is 5.75 Å². The molecule has 0 spiro atoms. The van der Waals surface area contributed by atoms with Gasteiger partial charge in [0, 0.05) is 12.5 Å². The maximum absolute atomic E-state index is 12.1. The molecule has 0 heterocycles. The topological polar surface area (TPSA) is 38.3 Å². The van der Waals surface area contributed by atoms with Crippen molar-refractivity contribution in [2.75, 3.05) is 13.7 Å². The highest BCUT2D eigenvalue weighted by Crippen LogP contribution is 2.13. The fourth-order valence-electron chi connectivity index (χ4n) is 2.39. The second-order valence-electron chi connectivity index (χ2n) is 5.48. The lowest BCUT2D eigenvalue weighted by molar-refractivity contribution is -0.124. The molecule has 0 bridgehead atoms. The van der Waals surface area contributed by atoms with E-state index in [0.29, 0.717) is 6.54 Å². The Balaban J connectivity index is 1.77. The zero-order valence-corrected chi connectivity index (χ0v) is 13.2. The molecule has 3 nitrogen and oxygen atoms in total. The molecule has 0 aromatic heterocycles. The second-order valence-corrected chi connectivity index (χ2v) is 5.48. The number of carbonyl (C=O) groups excluding carboxylic acids is 1. The van der Waals surface area contributed by atoms with Crippen molar-refractivity contribution >= 4 is 5.91 Å². The van der Waals surface area contributed by atoms with Crippen LogP contribution in [0.3, 0.4) is 0 Å². The van der Waals surface area contributed by atoms with Gasteiger partial charge in [-0.25, -0.2) is 0 Å². The van der Waals surface area contributed by atoms with Crippen LogP contribution in [-0.2, 0) is 17.6 Å². The van der Waals surface area contributed by atoms with E-state index in [4.69, 9.17) is 4.74 Å². The summed E-state index contributed by atoms with van der Waals surface area (Å²) in [6, 6.07) is 18.0. The molecule has 2 rings (SSSR count). The van der Waals surface area contributed by atoms with E-state index in [1.165, 1.54) is 5.56 Å². The molecule has 1 atom stereocenters. The standard InChI is InChI=1S/C19H23NO2/c1-15(13-16-7-4-3-5-8-16)19(21)20-12-11-17-9-6-10-18(14-17)22-2/h3-10,14-15H,11-13H2,1-2H3,(H,20,21). The first-order valence-corrected chi connectivity index (χ1v) is 7.63. The van der Waals surface area contributed by atoms with Crippen molar-refractivity contribution in [2.45, 2.75) is 19.8 Å². The molecule has 2 aromatic rings. The van der Waals surface area contributed by atoms with Gasteiger partial charge in [-0.15, -0.1) is 0 Å². The molecule has 0 aliphatic rings. The second kappa shape index (κ2) is 8.23. The van der Waals surface area contributed by atoms with Crippen molar-refractivity contribution < 1.29 is 9.53 Å². The summed E-state index contributed by atoms with van der Waals surface area (Å²) in [7, 11) is 1.66. The number of benzene rings is 2. The maximum atomic E-state index is 12.1. The molecule has 0 saturated carbocycles. The molecule has 1 unspecified atom stereocenters. The van der Waals surface area contributed by atoms with Gasteiger partial charge < -0.3 is 10.1 Å². The van der Waals surface area contributed by atoms with Crippen LogP contribution in [0.2, 0.25) is 0 Å². The van der Waals surface area contributed by atoms with Crippen LogP contribution >= 0.6 is 0 Å². The van der Waals surface area contributed by atoms with Gasteiger partial charge in [0.15, 0.2) is 0 Å². The molecule has 0 saturated heterocycles. The van der Waals surface area contributed by atoms with Gasteiger partial charge >= 0.3 is 0 Å². The molecular formula is C19H23NO2. The van der Waals surface area contributed by atoms with Gasteiger partial charge in [0.05, 0.1) is 7.11 Å². The third-order valence-corrected chi connectivity index (χ3v) is 3.68. The quantitative estimate of drug-likeness (QED) is 0.852. The van der Waals surface area contributed by atoms with Crippen molar-refractivity contribution in [3.8, 4) is 5.75 Å². The van der Waals surface area contributed by atoms with Gasteiger partial charge in [-0.05, 0) is 36.1 Å². The van der Waals surface area contributed by atoms with E-state index in [0.717, 1.165) is 24.2 Å². The maximum Gasteiger partial charge on any atom is 0.223 e. The van der Waals surface area contributed by atoms with Gasteiger partial charge in [-0.2, -0.15) is 0 Å². The van der Waals surface area contributed by atoms with E-state index in [1.54, 1.807) is 7.11 Å². The van der Waals surface area contributed by atoms with Crippen molar-refractivity contribution in [1.29, 1.82) is 0 Å². The van der Waals surface area contributed by atoms with Crippen molar-refractivity contribution in [3.05, 3.63) is 65.7 Å². The first-order chi connectivity index (χ1) is 10.7. The van der Waals surface area contributed by atoms with Crippen LogP contribution in [0.1, 0.15) is 18.1 Å². The number of rotatable bonds is 7. The number of amides is 1. The van der Waals surface area contributed by atoms with Gasteiger partial charge in [-0.3, -0.25) is 4.79 Å². The summed E-state index contributed by atoms with van der Waals surface area (Å²) in [6.07, 6.45) is 1.58. The van der Waals surface area contributed by atoms with Crippen LogP contribution in [0.25, 0.3) is 0 Å². The number of nitrogens with one attached hydrogen (secondary N) is 1. The van der Waals surface area contributed by atoms with Crippen LogP contribution in [0.4, 0.5) is 0 Å².